The largest absolute Gasteiger partial charge is 0.376 e. The topological polar surface area (TPSA) is 86.1 Å². The zero-order valence-electron chi connectivity index (χ0n) is 16.3. The van der Waals surface area contributed by atoms with Gasteiger partial charge in [0.05, 0.1) is 18.3 Å². The van der Waals surface area contributed by atoms with Gasteiger partial charge in [-0.3, -0.25) is 19.9 Å². The SMILES string of the molecule is Cc1cc(C)n(CC2CCCO2)c(=O)c1C(=O)Nc1nc(-c2ccccn2)cs1. The van der Waals surface area contributed by atoms with Crippen LogP contribution in [0.25, 0.3) is 11.4 Å². The first-order valence-corrected chi connectivity index (χ1v) is 10.4. The van der Waals surface area contributed by atoms with Crippen LogP contribution in [0.3, 0.4) is 0 Å². The van der Waals surface area contributed by atoms with Gasteiger partial charge in [-0.05, 0) is 50.5 Å². The molecule has 1 N–H and O–H groups in total. The minimum atomic E-state index is -0.449. The summed E-state index contributed by atoms with van der Waals surface area (Å²) in [6.45, 7) is 4.85. The highest BCUT2D eigenvalue weighted by Gasteiger charge is 2.22. The van der Waals surface area contributed by atoms with E-state index in [1.165, 1.54) is 11.3 Å². The Hall–Kier alpha value is -2.84. The van der Waals surface area contributed by atoms with Crippen molar-refractivity contribution in [2.24, 2.45) is 0 Å². The van der Waals surface area contributed by atoms with Crippen LogP contribution in [0, 0.1) is 13.8 Å². The standard InChI is InChI=1S/C21H22N4O3S/c1-13-10-14(2)25(11-15-6-5-9-28-15)20(27)18(13)19(26)24-21-23-17(12-29-21)16-7-3-4-8-22-16/h3-4,7-8,10,12,15H,5-6,9,11H2,1-2H3,(H,23,24,26). The number of thiazole rings is 1. The predicted molar refractivity (Wildman–Crippen MR) is 112 cm³/mol. The van der Waals surface area contributed by atoms with Crippen molar-refractivity contribution in [1.29, 1.82) is 0 Å². The zero-order chi connectivity index (χ0) is 20.4. The molecule has 1 aliphatic heterocycles. The van der Waals surface area contributed by atoms with E-state index in [9.17, 15) is 9.59 Å². The van der Waals surface area contributed by atoms with Crippen LogP contribution < -0.4 is 10.9 Å². The van der Waals surface area contributed by atoms with Gasteiger partial charge in [-0.1, -0.05) is 6.07 Å². The predicted octanol–water partition coefficient (Wildman–Crippen LogP) is 3.41. The number of pyridine rings is 2. The molecule has 0 spiro atoms. The number of carbonyl (C=O) groups excluding carboxylic acids is 1. The molecule has 0 saturated carbocycles. The van der Waals surface area contributed by atoms with Crippen LogP contribution in [-0.2, 0) is 11.3 Å². The van der Waals surface area contributed by atoms with Crippen LogP contribution in [-0.4, -0.2) is 33.2 Å². The summed E-state index contributed by atoms with van der Waals surface area (Å²) in [7, 11) is 0. The zero-order valence-corrected chi connectivity index (χ0v) is 17.2. The molecule has 150 valence electrons. The van der Waals surface area contributed by atoms with Gasteiger partial charge in [0.2, 0.25) is 0 Å². The highest BCUT2D eigenvalue weighted by Crippen LogP contribution is 2.23. The van der Waals surface area contributed by atoms with Gasteiger partial charge in [-0.15, -0.1) is 11.3 Å². The number of rotatable bonds is 5. The number of anilines is 1. The molecule has 7 nitrogen and oxygen atoms in total. The van der Waals surface area contributed by atoms with Crippen LogP contribution in [0.2, 0.25) is 0 Å². The molecular formula is C21H22N4O3S. The molecule has 29 heavy (non-hydrogen) atoms. The highest BCUT2D eigenvalue weighted by atomic mass is 32.1. The summed E-state index contributed by atoms with van der Waals surface area (Å²) in [5.41, 5.74) is 2.73. The highest BCUT2D eigenvalue weighted by molar-refractivity contribution is 7.14. The van der Waals surface area contributed by atoms with E-state index in [0.717, 1.165) is 30.8 Å². The van der Waals surface area contributed by atoms with E-state index in [2.05, 4.69) is 15.3 Å². The number of aryl methyl sites for hydroxylation is 2. The Morgan fingerprint density at radius 3 is 2.93 bits per heavy atom. The fourth-order valence-corrected chi connectivity index (χ4v) is 4.24. The van der Waals surface area contributed by atoms with Crippen LogP contribution in [0.5, 0.6) is 0 Å². The van der Waals surface area contributed by atoms with Gasteiger partial charge in [0.1, 0.15) is 11.3 Å². The summed E-state index contributed by atoms with van der Waals surface area (Å²) in [5, 5.41) is 5.03. The lowest BCUT2D eigenvalue weighted by atomic mass is 10.1. The van der Waals surface area contributed by atoms with Crippen LogP contribution in [0.4, 0.5) is 5.13 Å². The third-order valence-corrected chi connectivity index (χ3v) is 5.75. The Balaban J connectivity index is 1.58. The maximum Gasteiger partial charge on any atom is 0.263 e. The molecule has 0 radical (unpaired) electrons. The number of ether oxygens (including phenoxy) is 1. The minimum absolute atomic E-state index is 0.0184. The fraction of sp³-hybridized carbons (Fsp3) is 0.333. The molecular weight excluding hydrogens is 388 g/mol. The monoisotopic (exact) mass is 410 g/mol. The number of hydrogen-bond acceptors (Lipinski definition) is 6. The van der Waals surface area contributed by atoms with Gasteiger partial charge in [-0.25, -0.2) is 4.98 Å². The smallest absolute Gasteiger partial charge is 0.263 e. The molecule has 1 unspecified atom stereocenters. The molecule has 3 aromatic heterocycles. The number of aromatic nitrogens is 3. The van der Waals surface area contributed by atoms with E-state index < -0.39 is 5.91 Å². The second-order valence-corrected chi connectivity index (χ2v) is 7.96. The molecule has 8 heteroatoms. The Bertz CT molecular complexity index is 1090. The van der Waals surface area contributed by atoms with Crippen molar-refractivity contribution in [3.05, 3.63) is 63.0 Å². The van der Waals surface area contributed by atoms with Crippen molar-refractivity contribution in [1.82, 2.24) is 14.5 Å². The van der Waals surface area contributed by atoms with Crippen molar-refractivity contribution < 1.29 is 9.53 Å². The summed E-state index contributed by atoms with van der Waals surface area (Å²) < 4.78 is 7.30. The number of carbonyl (C=O) groups is 1. The lowest BCUT2D eigenvalue weighted by Crippen LogP contribution is -2.34. The third-order valence-electron chi connectivity index (χ3n) is 4.99. The number of amides is 1. The molecule has 0 bridgehead atoms. The van der Waals surface area contributed by atoms with Crippen LogP contribution >= 0.6 is 11.3 Å². The Morgan fingerprint density at radius 2 is 2.21 bits per heavy atom. The van der Waals surface area contributed by atoms with Gasteiger partial charge in [0.25, 0.3) is 11.5 Å². The maximum atomic E-state index is 13.1. The molecule has 1 atom stereocenters. The molecule has 0 aliphatic carbocycles. The number of hydrogen-bond donors (Lipinski definition) is 1. The number of nitrogens with one attached hydrogen (secondary N) is 1. The Kier molecular flexibility index (Phi) is 5.55. The van der Waals surface area contributed by atoms with E-state index >= 15 is 0 Å². The van der Waals surface area contributed by atoms with Crippen molar-refractivity contribution in [2.45, 2.75) is 39.3 Å². The molecule has 0 aromatic carbocycles. The average Bonchev–Trinajstić information content (AvgIpc) is 3.38. The Morgan fingerprint density at radius 1 is 1.34 bits per heavy atom. The quantitative estimate of drug-likeness (QED) is 0.697. The van der Waals surface area contributed by atoms with Crippen molar-refractivity contribution in [2.75, 3.05) is 11.9 Å². The summed E-state index contributed by atoms with van der Waals surface area (Å²) in [4.78, 5) is 34.7. The summed E-state index contributed by atoms with van der Waals surface area (Å²) in [5.74, 6) is -0.449. The van der Waals surface area contributed by atoms with Crippen LogP contribution in [0.15, 0.2) is 40.6 Å². The van der Waals surface area contributed by atoms with Gasteiger partial charge in [-0.2, -0.15) is 0 Å². The first-order chi connectivity index (χ1) is 14.0. The van der Waals surface area contributed by atoms with E-state index in [1.54, 1.807) is 17.7 Å². The first-order valence-electron chi connectivity index (χ1n) is 9.54. The molecule has 3 aromatic rings. The van der Waals surface area contributed by atoms with Gasteiger partial charge < -0.3 is 9.30 Å². The van der Waals surface area contributed by atoms with Crippen molar-refractivity contribution in [3.8, 4) is 11.4 Å². The molecule has 1 saturated heterocycles. The molecule has 1 fully saturated rings. The van der Waals surface area contributed by atoms with Gasteiger partial charge in [0.15, 0.2) is 5.13 Å². The van der Waals surface area contributed by atoms with E-state index in [-0.39, 0.29) is 17.2 Å². The Labute approximate surface area is 172 Å². The summed E-state index contributed by atoms with van der Waals surface area (Å²) >= 11 is 1.30. The van der Waals surface area contributed by atoms with Crippen LogP contribution in [0.1, 0.15) is 34.5 Å². The molecule has 4 heterocycles. The van der Waals surface area contributed by atoms with Gasteiger partial charge in [0, 0.05) is 23.9 Å². The summed E-state index contributed by atoms with van der Waals surface area (Å²) in [6.07, 6.45) is 3.64. The molecule has 1 aliphatic rings. The fourth-order valence-electron chi connectivity index (χ4n) is 3.54. The van der Waals surface area contributed by atoms with E-state index in [0.29, 0.717) is 22.9 Å². The normalized spacial score (nSPS) is 16.1. The second-order valence-electron chi connectivity index (χ2n) is 7.10. The lowest BCUT2D eigenvalue weighted by Gasteiger charge is -2.17. The maximum absolute atomic E-state index is 13.1. The third kappa shape index (κ3) is 4.13. The molecule has 1 amide bonds. The minimum Gasteiger partial charge on any atom is -0.376 e. The van der Waals surface area contributed by atoms with Gasteiger partial charge >= 0.3 is 0 Å². The average molecular weight is 410 g/mol. The van der Waals surface area contributed by atoms with Crippen molar-refractivity contribution in [3.63, 3.8) is 0 Å². The summed E-state index contributed by atoms with van der Waals surface area (Å²) in [6, 6.07) is 7.44. The molecule has 4 rings (SSSR count). The van der Waals surface area contributed by atoms with E-state index in [4.69, 9.17) is 4.74 Å². The second kappa shape index (κ2) is 8.26. The van der Waals surface area contributed by atoms with Crippen molar-refractivity contribution >= 4 is 22.4 Å². The first kappa shape index (κ1) is 19.5. The lowest BCUT2D eigenvalue weighted by molar-refractivity contribution is 0.0947. The number of nitrogens with zero attached hydrogens (tertiary/aromatic N) is 3. The van der Waals surface area contributed by atoms with E-state index in [1.807, 2.05) is 36.6 Å².